The van der Waals surface area contributed by atoms with Gasteiger partial charge in [0.05, 0.1) is 37.7 Å². The number of likely N-dealkylation sites (N-methyl/N-ethyl adjacent to an activating group) is 3. The average Bonchev–Trinajstić information content (AvgIpc) is 1.65. The Balaban J connectivity index is 1.10. The second kappa shape index (κ2) is 49.8. The second-order valence-corrected chi connectivity index (χ2v) is 35.9. The molecule has 0 spiro atoms. The van der Waals surface area contributed by atoms with E-state index < -0.39 is 260 Å². The molecule has 3 fully saturated rings. The molecule has 1 unspecified atom stereocenters. The number of thioether (sulfide) groups is 1. The molecule has 45 heteroatoms. The van der Waals surface area contributed by atoms with Crippen LogP contribution in [0.2, 0.25) is 0 Å². The number of amides is 18. The van der Waals surface area contributed by atoms with Crippen LogP contribution in [0.15, 0.2) is 97.7 Å². The number of carbonyl (C=O) groups excluding carboxylic acids is 18. The maximum absolute atomic E-state index is 15.8. The van der Waals surface area contributed by atoms with Gasteiger partial charge in [-0.2, -0.15) is 0 Å². The number of aliphatic hydroxyl groups excluding tert-OH is 1. The van der Waals surface area contributed by atoms with Gasteiger partial charge in [-0.05, 0) is 92.3 Å². The molecule has 21 N–H and O–H groups in total. The quantitative estimate of drug-likeness (QED) is 0.0262. The number of primary amides is 3. The van der Waals surface area contributed by atoms with Crippen molar-refractivity contribution in [3.63, 3.8) is 0 Å². The molecule has 136 heavy (non-hydrogen) atoms. The number of nitrogens with two attached hydrogens (primary N) is 3. The molecular formula is C91H124N22O22S. The van der Waals surface area contributed by atoms with Crippen molar-refractivity contribution in [1.82, 2.24) is 97.2 Å². The Morgan fingerprint density at radius 2 is 1.17 bits per heavy atom. The number of phenolic OH excluding ortho intramolecular Hbond substituents is 1. The zero-order valence-electron chi connectivity index (χ0n) is 77.2. The molecule has 14 atom stereocenters. The zero-order valence-corrected chi connectivity index (χ0v) is 78.1. The van der Waals surface area contributed by atoms with Crippen molar-refractivity contribution in [3.8, 4) is 5.75 Å². The first kappa shape index (κ1) is 106. The Morgan fingerprint density at radius 1 is 0.574 bits per heavy atom. The maximum Gasteiger partial charge on any atom is 0.323 e. The minimum absolute atomic E-state index is 0.0000122. The van der Waals surface area contributed by atoms with E-state index in [1.807, 2.05) is 13.8 Å². The second-order valence-electron chi connectivity index (χ2n) is 34.9. The fourth-order valence-corrected chi connectivity index (χ4v) is 17.7. The Kier molecular flexibility index (Phi) is 38.7. The molecule has 3 saturated heterocycles. The minimum atomic E-state index is -1.81. The van der Waals surface area contributed by atoms with Crippen LogP contribution in [-0.2, 0) is 123 Å². The Labute approximate surface area is 788 Å². The van der Waals surface area contributed by atoms with E-state index in [4.69, 9.17) is 17.2 Å². The third-order valence-electron chi connectivity index (χ3n) is 24.1. The van der Waals surface area contributed by atoms with Gasteiger partial charge in [0, 0.05) is 125 Å². The highest BCUT2D eigenvalue weighted by Gasteiger charge is 2.47. The standard InChI is InChI=1S/C91H124N22O22S/c1-9-11-21-69-84(128)103-61(32-49(3)4)82(126)107-67(81(125)97-41-75(94)118)46-136-47-77(120)101-64(33-51-25-27-55(114)28-26-51)87(131)108(6)50(5)79(123)106-66(38-74(93)117)90(134)112-31-17-24-70(112)85(129)105-63(36-54-40-95-48-99-54)83(127)102-60(29-30-73(92)116)89(133)113-44-56(115)37-72(113)86(130)104-62(34-52-39-96-59-20-15-13-18-57(52)59)80(124)98-42-76(119)100-65(88(132)110(8)71(22-12-10-2)91(135)109(69)7)35-53-43-111(45-78(121)122)68-23-16-14-19-58(53)68/h13-16,18-20,23,25-28,39-40,43,48-50,56,60-67,69-72,96,114-115H,9-12,17,21-22,24,29-38,41-42,44-47H2,1-8H3,(H2,92,116)(H2,93,117)(H2,94,118)(H,95,99)(H,97,125)(H,98,124)(H,100,119)(H,101,120)(H,102,127)(H,103,128)(H,104,130)(H,105,129)(H,106,123)(H,107,126)(H,121,122)/t50-,56+,60-,61-,62-,63-,64-,65?,66-,67-,69-,70-,71-,72-/m0/s1. The number of rotatable bonds is 26. The number of para-hydroxylation sites is 2. The van der Waals surface area contributed by atoms with Crippen molar-refractivity contribution in [3.05, 3.63) is 120 Å². The average molecular weight is 1910 g/mol. The molecule has 0 aliphatic carbocycles. The molecule has 3 aliphatic rings. The van der Waals surface area contributed by atoms with Crippen molar-refractivity contribution in [2.45, 2.75) is 235 Å². The molecular weight excluding hydrogens is 1790 g/mol. The van der Waals surface area contributed by atoms with E-state index in [0.717, 1.165) is 36.3 Å². The number of nitrogens with one attached hydrogen (secondary N) is 12. The van der Waals surface area contributed by atoms with Gasteiger partial charge in [-0.25, -0.2) is 4.98 Å². The van der Waals surface area contributed by atoms with Crippen LogP contribution in [0.25, 0.3) is 21.8 Å². The van der Waals surface area contributed by atoms with Crippen molar-refractivity contribution in [2.24, 2.45) is 23.1 Å². The third-order valence-corrected chi connectivity index (χ3v) is 25.2. The topological polar surface area (TPSA) is 649 Å². The van der Waals surface area contributed by atoms with Gasteiger partial charge >= 0.3 is 5.97 Å². The van der Waals surface area contributed by atoms with Gasteiger partial charge in [0.1, 0.15) is 90.8 Å². The number of aromatic nitrogens is 4. The van der Waals surface area contributed by atoms with Gasteiger partial charge in [-0.3, -0.25) is 91.1 Å². The Bertz CT molecular complexity index is 5340. The number of H-pyrrole nitrogens is 2. The summed E-state index contributed by atoms with van der Waals surface area (Å²) in [6, 6.07) is -1.24. The third kappa shape index (κ3) is 29.3. The number of carboxylic acids is 1. The number of aromatic hydroxyl groups is 1. The first-order valence-corrected chi connectivity index (χ1v) is 46.4. The van der Waals surface area contributed by atoms with E-state index in [2.05, 4.69) is 68.1 Å². The lowest BCUT2D eigenvalue weighted by atomic mass is 9.99. The molecule has 3 aromatic heterocycles. The molecule has 0 bridgehead atoms. The number of imidazole rings is 1. The van der Waals surface area contributed by atoms with Gasteiger partial charge in [0.15, 0.2) is 0 Å². The van der Waals surface area contributed by atoms with Gasteiger partial charge in [0.2, 0.25) is 106 Å². The number of nitrogens with zero attached hydrogens (tertiary/aromatic N) is 7. The zero-order chi connectivity index (χ0) is 99.5. The Morgan fingerprint density at radius 3 is 1.82 bits per heavy atom. The number of aliphatic carboxylic acids is 1. The molecule has 736 valence electrons. The van der Waals surface area contributed by atoms with Crippen LogP contribution in [0.3, 0.4) is 0 Å². The van der Waals surface area contributed by atoms with Crippen LogP contribution in [0.1, 0.15) is 140 Å². The number of carboxylic acid groups (broad SMARTS) is 1. The summed E-state index contributed by atoms with van der Waals surface area (Å²) in [6.45, 7) is 5.56. The number of carbonyl (C=O) groups is 19. The van der Waals surface area contributed by atoms with Gasteiger partial charge < -0.3 is 125 Å². The first-order valence-electron chi connectivity index (χ1n) is 45.2. The normalized spacial score (nSPS) is 24.1. The molecule has 6 aromatic rings. The van der Waals surface area contributed by atoms with Crippen molar-refractivity contribution in [2.75, 3.05) is 58.8 Å². The van der Waals surface area contributed by atoms with E-state index in [9.17, 15) is 72.9 Å². The number of phenols is 1. The SMILES string of the molecule is CCCC[C@H]1C(=O)N(C)[C@@H](CCCC)C(=O)N[C@@H](CC(C)C)C(=O)N[C@H](C(=O)NCC(N)=O)CSCC(=O)N[C@@H](Cc2ccc(O)cc2)C(=O)N(C)[C@@H](C)C(=O)N[C@@H](CC(N)=O)C(=O)N2CCC[C@H]2C(=O)N[C@@H](Cc2cnc[nH]2)C(=O)N[C@@H](CCC(N)=O)C(=O)N2C[C@H](O)C[C@H]2C(=O)N[C@@H](Cc2c[nH]c3ccccc23)C(=O)NCC(=O)NC(Cc2cn(CC(=O)O)c3ccccc23)C(=O)N1C. The Hall–Kier alpha value is -14.0. The van der Waals surface area contributed by atoms with Gasteiger partial charge in [-0.15, -0.1) is 11.8 Å². The molecule has 44 nitrogen and oxygen atoms in total. The molecule has 9 rings (SSSR count). The predicted molar refractivity (Wildman–Crippen MR) is 494 cm³/mol. The van der Waals surface area contributed by atoms with E-state index in [1.54, 1.807) is 68.6 Å². The van der Waals surface area contributed by atoms with Crippen LogP contribution >= 0.6 is 11.8 Å². The monoisotopic (exact) mass is 1910 g/mol. The van der Waals surface area contributed by atoms with E-state index in [-0.39, 0.29) is 81.7 Å². The molecule has 0 radical (unpaired) electrons. The van der Waals surface area contributed by atoms with E-state index in [1.165, 1.54) is 75.6 Å². The van der Waals surface area contributed by atoms with Gasteiger partial charge in [-0.1, -0.05) is 102 Å². The molecule has 6 heterocycles. The number of unbranched alkanes of at least 4 members (excludes halogenated alkanes) is 2. The number of benzene rings is 3. The van der Waals surface area contributed by atoms with Crippen LogP contribution in [0.5, 0.6) is 5.75 Å². The van der Waals surface area contributed by atoms with Crippen LogP contribution in [-0.4, -0.2) is 315 Å². The van der Waals surface area contributed by atoms with Crippen LogP contribution in [0, 0.1) is 5.92 Å². The lowest BCUT2D eigenvalue weighted by molar-refractivity contribution is -0.149. The summed E-state index contributed by atoms with van der Waals surface area (Å²) in [5, 5.41) is 59.0. The number of aromatic amines is 2. The maximum atomic E-state index is 15.8. The van der Waals surface area contributed by atoms with Crippen molar-refractivity contribution in [1.29, 1.82) is 0 Å². The first-order chi connectivity index (χ1) is 64.6. The summed E-state index contributed by atoms with van der Waals surface area (Å²) in [4.78, 5) is 290. The summed E-state index contributed by atoms with van der Waals surface area (Å²) >= 11 is 0.777. The highest BCUT2D eigenvalue weighted by atomic mass is 32.2. The largest absolute Gasteiger partial charge is 0.508 e. The fourth-order valence-electron chi connectivity index (χ4n) is 16.8. The summed E-state index contributed by atoms with van der Waals surface area (Å²) in [5.74, 6) is -19.9. The predicted octanol–water partition coefficient (Wildman–Crippen LogP) is -2.73. The highest BCUT2D eigenvalue weighted by molar-refractivity contribution is 8.00. The summed E-state index contributed by atoms with van der Waals surface area (Å²) < 4.78 is 1.43. The van der Waals surface area contributed by atoms with E-state index in [0.29, 0.717) is 64.2 Å². The fraction of sp³-hybridized carbons (Fsp3) is 0.516. The lowest BCUT2D eigenvalue weighted by Crippen LogP contribution is -2.60. The number of hydrogen-bond donors (Lipinski definition) is 18. The highest BCUT2D eigenvalue weighted by Crippen LogP contribution is 2.29. The van der Waals surface area contributed by atoms with Crippen molar-refractivity contribution >= 4 is 146 Å². The molecule has 0 saturated carbocycles. The number of hydrogen-bond acceptors (Lipinski definition) is 23. The lowest BCUT2D eigenvalue weighted by Gasteiger charge is -2.36. The smallest absolute Gasteiger partial charge is 0.323 e. The van der Waals surface area contributed by atoms with Gasteiger partial charge in [0.25, 0.3) is 0 Å². The summed E-state index contributed by atoms with van der Waals surface area (Å²) in [6.07, 6.45) is 2.13. The minimum Gasteiger partial charge on any atom is -0.508 e. The van der Waals surface area contributed by atoms with Crippen LogP contribution < -0.4 is 70.4 Å². The van der Waals surface area contributed by atoms with Crippen molar-refractivity contribution < 1.29 is 106 Å². The van der Waals surface area contributed by atoms with E-state index >= 15 is 33.6 Å². The van der Waals surface area contributed by atoms with Crippen LogP contribution in [0.4, 0.5) is 0 Å². The molecule has 3 aliphatic heterocycles. The summed E-state index contributed by atoms with van der Waals surface area (Å²) in [7, 11) is 3.88. The summed E-state index contributed by atoms with van der Waals surface area (Å²) in [5.41, 5.74) is 19.3. The molecule has 18 amide bonds. The number of aliphatic hydroxyl groups is 1. The molecule has 3 aromatic carbocycles. The number of fused-ring (bicyclic) bond motifs is 4.